The van der Waals surface area contributed by atoms with E-state index in [1.54, 1.807) is 62.3 Å². The summed E-state index contributed by atoms with van der Waals surface area (Å²) in [6.07, 6.45) is -2.32. The predicted octanol–water partition coefficient (Wildman–Crippen LogP) is 4.32. The average molecular weight is 682 g/mol. The van der Waals surface area contributed by atoms with E-state index < -0.39 is 89.8 Å². The summed E-state index contributed by atoms with van der Waals surface area (Å²) < 4.78 is 17.8. The third kappa shape index (κ3) is 9.94. The lowest BCUT2D eigenvalue weighted by Gasteiger charge is -2.39. The van der Waals surface area contributed by atoms with Crippen molar-refractivity contribution >= 4 is 35.6 Å². The zero-order chi connectivity index (χ0) is 37.4. The van der Waals surface area contributed by atoms with Gasteiger partial charge < -0.3 is 28.9 Å². The molecule has 0 aromatic rings. The van der Waals surface area contributed by atoms with Crippen molar-refractivity contribution in [3.8, 4) is 0 Å². The number of amides is 3. The second-order valence-electron chi connectivity index (χ2n) is 14.6. The van der Waals surface area contributed by atoms with E-state index in [9.17, 15) is 28.8 Å². The van der Waals surface area contributed by atoms with E-state index in [1.807, 2.05) is 20.8 Å². The second-order valence-corrected chi connectivity index (χ2v) is 14.6. The van der Waals surface area contributed by atoms with Gasteiger partial charge in [-0.1, -0.05) is 102 Å². The molecule has 3 amide bonds. The maximum Gasteiger partial charge on any atom is 0.329 e. The lowest BCUT2D eigenvalue weighted by molar-refractivity contribution is -0.182. The monoisotopic (exact) mass is 681 g/mol. The molecule has 1 fully saturated rings. The summed E-state index contributed by atoms with van der Waals surface area (Å²) in [5.41, 5.74) is 0. The number of carbonyl (C=O) groups excluding carboxylic acids is 6. The maximum absolute atomic E-state index is 14.1. The summed E-state index contributed by atoms with van der Waals surface area (Å²) in [6, 6.07) is -3.30. The molecular formula is C36H63N3O9. The topological polar surface area (TPSA) is 140 Å². The molecule has 48 heavy (non-hydrogen) atoms. The molecule has 276 valence electrons. The van der Waals surface area contributed by atoms with E-state index in [-0.39, 0.29) is 17.8 Å². The SMILES string of the molecule is CC[C@@H](C)[C@@H]1C(=O)O[C@H](C(C)C)C(=O)N(C)[C@H]([C@@H](C)CC)C(=O)O[C@H](C(C)C)C(=O)N(C)[C@H]([C@H](C)CC)C(=O)O[C@H](C(C)C)C(=O)N1C. The highest BCUT2D eigenvalue weighted by molar-refractivity contribution is 5.94. The second kappa shape index (κ2) is 18.5. The molecule has 0 aliphatic carbocycles. The summed E-state index contributed by atoms with van der Waals surface area (Å²) in [4.78, 5) is 87.8. The first kappa shape index (κ1) is 42.8. The third-order valence-corrected chi connectivity index (χ3v) is 9.84. The summed E-state index contributed by atoms with van der Waals surface area (Å²) in [7, 11) is 4.39. The fourth-order valence-electron chi connectivity index (χ4n) is 6.00. The molecule has 0 aromatic heterocycles. The zero-order valence-corrected chi connectivity index (χ0v) is 32.1. The summed E-state index contributed by atoms with van der Waals surface area (Å²) >= 11 is 0. The molecule has 1 saturated heterocycles. The number of hydrogen-bond acceptors (Lipinski definition) is 9. The van der Waals surface area contributed by atoms with Crippen molar-refractivity contribution in [2.75, 3.05) is 21.1 Å². The fraction of sp³-hybridized carbons (Fsp3) is 0.833. The van der Waals surface area contributed by atoms with Crippen molar-refractivity contribution in [1.82, 2.24) is 14.7 Å². The first-order chi connectivity index (χ1) is 22.2. The quantitative estimate of drug-likeness (QED) is 0.257. The van der Waals surface area contributed by atoms with Gasteiger partial charge in [-0.15, -0.1) is 0 Å². The molecule has 1 aliphatic rings. The number of carbonyl (C=O) groups is 6. The minimum absolute atomic E-state index is 0.381. The molecule has 0 radical (unpaired) electrons. The first-order valence-corrected chi connectivity index (χ1v) is 17.6. The van der Waals surface area contributed by atoms with E-state index in [4.69, 9.17) is 14.2 Å². The van der Waals surface area contributed by atoms with Gasteiger partial charge in [-0.05, 0) is 35.5 Å². The number of esters is 3. The standard InChI is InChI=1S/C36H63N3O9/c1-16-22(10)25-34(43)46-29(20(6)7)32(41)38(14)27(24(12)18-3)36(45)48-30(21(8)9)33(42)39(15)26(23(11)17-2)35(44)47-28(19(4)5)31(40)37(25)13/h19-30H,16-18H2,1-15H3/t22-,23-,24+,25-,26-,27-,28-,29-,30-/m1/s1. The lowest BCUT2D eigenvalue weighted by atomic mass is 9.94. The molecule has 0 spiro atoms. The largest absolute Gasteiger partial charge is 0.450 e. The van der Waals surface area contributed by atoms with Crippen molar-refractivity contribution in [2.45, 2.75) is 139 Å². The van der Waals surface area contributed by atoms with Crippen LogP contribution in [0.1, 0.15) is 102 Å². The van der Waals surface area contributed by atoms with Gasteiger partial charge >= 0.3 is 17.9 Å². The van der Waals surface area contributed by atoms with Crippen LogP contribution in [0.25, 0.3) is 0 Å². The van der Waals surface area contributed by atoms with Crippen LogP contribution >= 0.6 is 0 Å². The average Bonchev–Trinajstić information content (AvgIpc) is 3.02. The summed E-state index contributed by atoms with van der Waals surface area (Å²) in [5.74, 6) is -6.73. The van der Waals surface area contributed by atoms with Crippen LogP contribution < -0.4 is 0 Å². The number of rotatable bonds is 9. The molecule has 0 unspecified atom stereocenters. The molecule has 12 nitrogen and oxygen atoms in total. The van der Waals surface area contributed by atoms with Gasteiger partial charge in [-0.3, -0.25) is 14.4 Å². The highest BCUT2D eigenvalue weighted by atomic mass is 16.6. The smallest absolute Gasteiger partial charge is 0.329 e. The Morgan fingerprint density at radius 1 is 0.438 bits per heavy atom. The van der Waals surface area contributed by atoms with Gasteiger partial charge in [-0.25, -0.2) is 14.4 Å². The van der Waals surface area contributed by atoms with Crippen LogP contribution in [0, 0.1) is 35.5 Å². The summed E-state index contributed by atoms with van der Waals surface area (Å²) in [6.45, 7) is 21.4. The van der Waals surface area contributed by atoms with Crippen molar-refractivity contribution in [3.05, 3.63) is 0 Å². The van der Waals surface area contributed by atoms with Gasteiger partial charge in [-0.2, -0.15) is 0 Å². The van der Waals surface area contributed by atoms with Crippen LogP contribution in [0.15, 0.2) is 0 Å². The zero-order valence-electron chi connectivity index (χ0n) is 32.1. The van der Waals surface area contributed by atoms with Crippen LogP contribution in [0.5, 0.6) is 0 Å². The first-order valence-electron chi connectivity index (χ1n) is 17.6. The maximum atomic E-state index is 14.1. The molecular weight excluding hydrogens is 618 g/mol. The number of nitrogens with zero attached hydrogens (tertiary/aromatic N) is 3. The Balaban J connectivity index is 4.04. The van der Waals surface area contributed by atoms with Crippen LogP contribution in [-0.2, 0) is 43.0 Å². The van der Waals surface area contributed by atoms with Gasteiger partial charge in [0.2, 0.25) is 0 Å². The van der Waals surface area contributed by atoms with E-state index in [0.717, 1.165) is 0 Å². The Morgan fingerprint density at radius 2 is 0.625 bits per heavy atom. The Hall–Kier alpha value is -3.18. The molecule has 0 saturated carbocycles. The third-order valence-electron chi connectivity index (χ3n) is 9.84. The van der Waals surface area contributed by atoms with Crippen molar-refractivity contribution in [3.63, 3.8) is 0 Å². The van der Waals surface area contributed by atoms with Crippen molar-refractivity contribution < 1.29 is 43.0 Å². The van der Waals surface area contributed by atoms with Crippen LogP contribution in [0.2, 0.25) is 0 Å². The van der Waals surface area contributed by atoms with E-state index in [1.165, 1.54) is 35.8 Å². The number of cyclic esters (lactones) is 3. The Morgan fingerprint density at radius 3 is 0.771 bits per heavy atom. The minimum Gasteiger partial charge on any atom is -0.450 e. The van der Waals surface area contributed by atoms with E-state index in [2.05, 4.69) is 0 Å². The highest BCUT2D eigenvalue weighted by Crippen LogP contribution is 2.27. The number of ether oxygens (including phenoxy) is 3. The van der Waals surface area contributed by atoms with Gasteiger partial charge in [0.25, 0.3) is 17.7 Å². The molecule has 0 aromatic carbocycles. The van der Waals surface area contributed by atoms with E-state index in [0.29, 0.717) is 19.3 Å². The van der Waals surface area contributed by atoms with Crippen LogP contribution in [-0.4, -0.2) is 108 Å². The Kier molecular flexibility index (Phi) is 16.6. The predicted molar refractivity (Wildman–Crippen MR) is 182 cm³/mol. The molecule has 0 N–H and O–H groups in total. The van der Waals surface area contributed by atoms with Crippen molar-refractivity contribution in [1.29, 1.82) is 0 Å². The summed E-state index contributed by atoms with van der Waals surface area (Å²) in [5, 5.41) is 0. The molecule has 12 heteroatoms. The lowest BCUT2D eigenvalue weighted by Crippen LogP contribution is -2.58. The van der Waals surface area contributed by atoms with E-state index >= 15 is 0 Å². The molecule has 1 heterocycles. The van der Waals surface area contributed by atoms with Gasteiger partial charge in [0, 0.05) is 21.1 Å². The minimum atomic E-state index is -1.28. The number of likely N-dealkylation sites (N-methyl/N-ethyl adjacent to an activating group) is 3. The highest BCUT2D eigenvalue weighted by Gasteiger charge is 2.46. The fourth-order valence-corrected chi connectivity index (χ4v) is 6.00. The normalized spacial score (nSPS) is 28.2. The molecule has 1 aliphatic heterocycles. The van der Waals surface area contributed by atoms with Crippen LogP contribution in [0.3, 0.4) is 0 Å². The van der Waals surface area contributed by atoms with Crippen LogP contribution in [0.4, 0.5) is 0 Å². The Bertz CT molecular complexity index is 1000. The van der Waals surface area contributed by atoms with Gasteiger partial charge in [0.05, 0.1) is 0 Å². The molecule has 0 bridgehead atoms. The van der Waals surface area contributed by atoms with Crippen molar-refractivity contribution in [2.24, 2.45) is 35.5 Å². The number of hydrogen-bond donors (Lipinski definition) is 0. The molecule has 1 rings (SSSR count). The van der Waals surface area contributed by atoms with Gasteiger partial charge in [0.15, 0.2) is 18.3 Å². The Labute approximate surface area is 288 Å². The van der Waals surface area contributed by atoms with Gasteiger partial charge in [0.1, 0.15) is 18.1 Å². The molecule has 9 atom stereocenters.